The Balaban J connectivity index is 1.51. The fourth-order valence-corrected chi connectivity index (χ4v) is 4.91. The third kappa shape index (κ3) is 2.46. The molecule has 2 aliphatic carbocycles. The number of fused-ring (bicyclic) bond motifs is 3. The van der Waals surface area contributed by atoms with Crippen LogP contribution < -0.4 is 5.32 Å². The lowest BCUT2D eigenvalue weighted by Crippen LogP contribution is -2.40. The monoisotopic (exact) mass is 310 g/mol. The molecule has 0 aliphatic heterocycles. The summed E-state index contributed by atoms with van der Waals surface area (Å²) in [5, 5.41) is 4.42. The van der Waals surface area contributed by atoms with E-state index in [9.17, 15) is 4.79 Å². The molecule has 2 fully saturated rings. The van der Waals surface area contributed by atoms with E-state index < -0.39 is 0 Å². The van der Waals surface area contributed by atoms with Gasteiger partial charge < -0.3 is 10.3 Å². The number of aryl methyl sites for hydroxylation is 2. The van der Waals surface area contributed by atoms with Crippen LogP contribution in [0.4, 0.5) is 0 Å². The highest BCUT2D eigenvalue weighted by Crippen LogP contribution is 2.49. The van der Waals surface area contributed by atoms with Crippen LogP contribution in [0.1, 0.15) is 54.2 Å². The quantitative estimate of drug-likeness (QED) is 0.870. The largest absolute Gasteiger partial charge is 0.358 e. The molecular weight excluding hydrogens is 284 g/mol. The van der Waals surface area contributed by atoms with Crippen molar-refractivity contribution in [1.82, 2.24) is 10.3 Å². The molecule has 0 spiro atoms. The molecule has 4 atom stereocenters. The Morgan fingerprint density at radius 1 is 1.26 bits per heavy atom. The average Bonchev–Trinajstić information content (AvgIpc) is 3.23. The van der Waals surface area contributed by atoms with E-state index in [1.165, 1.54) is 36.9 Å². The zero-order chi connectivity index (χ0) is 16.1. The second-order valence-electron chi connectivity index (χ2n) is 7.74. The van der Waals surface area contributed by atoms with E-state index in [2.05, 4.69) is 31.1 Å². The number of carbonyl (C=O) groups is 1. The molecule has 23 heavy (non-hydrogen) atoms. The van der Waals surface area contributed by atoms with Crippen molar-refractivity contribution in [2.24, 2.45) is 17.8 Å². The minimum Gasteiger partial charge on any atom is -0.358 e. The zero-order valence-corrected chi connectivity index (χ0v) is 14.3. The summed E-state index contributed by atoms with van der Waals surface area (Å²) in [6.45, 7) is 6.37. The lowest BCUT2D eigenvalue weighted by atomic mass is 9.84. The van der Waals surface area contributed by atoms with E-state index in [4.69, 9.17) is 0 Å². The van der Waals surface area contributed by atoms with Crippen molar-refractivity contribution in [2.45, 2.75) is 52.5 Å². The van der Waals surface area contributed by atoms with Crippen LogP contribution in [0, 0.1) is 31.6 Å². The Kier molecular flexibility index (Phi) is 3.47. The van der Waals surface area contributed by atoms with Crippen molar-refractivity contribution in [1.29, 1.82) is 0 Å². The van der Waals surface area contributed by atoms with Crippen LogP contribution in [0.15, 0.2) is 18.2 Å². The molecule has 2 aromatic rings. The minimum atomic E-state index is 0.0698. The fourth-order valence-electron chi connectivity index (χ4n) is 4.91. The molecule has 2 N–H and O–H groups in total. The predicted octanol–water partition coefficient (Wildman–Crippen LogP) is 4.34. The number of amides is 1. The van der Waals surface area contributed by atoms with Crippen LogP contribution in [-0.4, -0.2) is 16.9 Å². The van der Waals surface area contributed by atoms with Crippen molar-refractivity contribution in [3.63, 3.8) is 0 Å². The summed E-state index contributed by atoms with van der Waals surface area (Å²) >= 11 is 0. The van der Waals surface area contributed by atoms with Gasteiger partial charge in [0, 0.05) is 28.2 Å². The summed E-state index contributed by atoms with van der Waals surface area (Å²) in [5.41, 5.74) is 4.29. The van der Waals surface area contributed by atoms with Gasteiger partial charge in [-0.1, -0.05) is 6.42 Å². The van der Waals surface area contributed by atoms with Gasteiger partial charge in [-0.05, 0) is 81.5 Å². The third-order valence-corrected chi connectivity index (χ3v) is 6.36. The second kappa shape index (κ2) is 5.40. The van der Waals surface area contributed by atoms with E-state index in [-0.39, 0.29) is 11.9 Å². The van der Waals surface area contributed by atoms with Crippen LogP contribution in [0.2, 0.25) is 0 Å². The van der Waals surface area contributed by atoms with Crippen molar-refractivity contribution < 1.29 is 4.79 Å². The molecule has 2 bridgehead atoms. The highest BCUT2D eigenvalue weighted by Gasteiger charge is 2.42. The number of hydrogen-bond donors (Lipinski definition) is 2. The lowest BCUT2D eigenvalue weighted by molar-refractivity contribution is 0.0915. The van der Waals surface area contributed by atoms with Crippen LogP contribution in [0.25, 0.3) is 10.9 Å². The molecule has 0 radical (unpaired) electrons. The fraction of sp³-hybridized carbons (Fsp3) is 0.550. The number of benzene rings is 1. The smallest absolute Gasteiger partial charge is 0.251 e. The summed E-state index contributed by atoms with van der Waals surface area (Å²) in [7, 11) is 0. The Morgan fingerprint density at radius 3 is 2.78 bits per heavy atom. The number of nitrogens with one attached hydrogen (secondary N) is 2. The molecule has 3 nitrogen and oxygen atoms in total. The molecule has 0 saturated heterocycles. The van der Waals surface area contributed by atoms with Crippen LogP contribution in [0.3, 0.4) is 0 Å². The second-order valence-corrected chi connectivity index (χ2v) is 7.74. The van der Waals surface area contributed by atoms with Crippen LogP contribution in [0.5, 0.6) is 0 Å². The first-order valence-corrected chi connectivity index (χ1v) is 8.92. The van der Waals surface area contributed by atoms with Crippen molar-refractivity contribution in [2.75, 3.05) is 0 Å². The first kappa shape index (κ1) is 14.8. The molecule has 2 aliphatic rings. The number of carbonyl (C=O) groups excluding carboxylic acids is 1. The summed E-state index contributed by atoms with van der Waals surface area (Å²) in [6.07, 6.45) is 5.47. The number of rotatable bonds is 3. The van der Waals surface area contributed by atoms with Gasteiger partial charge in [0.25, 0.3) is 5.91 Å². The normalized spacial score (nSPS) is 27.5. The maximum absolute atomic E-state index is 12.7. The molecule has 1 aromatic heterocycles. The highest BCUT2D eigenvalue weighted by molar-refractivity contribution is 5.99. The summed E-state index contributed by atoms with van der Waals surface area (Å²) in [6, 6.07) is 6.26. The van der Waals surface area contributed by atoms with Crippen molar-refractivity contribution >= 4 is 16.8 Å². The van der Waals surface area contributed by atoms with Crippen LogP contribution >= 0.6 is 0 Å². The first-order chi connectivity index (χ1) is 11.0. The average molecular weight is 310 g/mol. The first-order valence-electron chi connectivity index (χ1n) is 8.92. The summed E-state index contributed by atoms with van der Waals surface area (Å²) in [5.74, 6) is 2.51. The van der Waals surface area contributed by atoms with E-state index in [0.29, 0.717) is 5.92 Å². The summed E-state index contributed by atoms with van der Waals surface area (Å²) in [4.78, 5) is 16.0. The Labute approximate surface area is 137 Å². The Morgan fingerprint density at radius 2 is 2.09 bits per heavy atom. The van der Waals surface area contributed by atoms with Crippen molar-refractivity contribution in [3.05, 3.63) is 35.0 Å². The van der Waals surface area contributed by atoms with Gasteiger partial charge in [-0.15, -0.1) is 0 Å². The van der Waals surface area contributed by atoms with Crippen molar-refractivity contribution in [3.8, 4) is 0 Å². The van der Waals surface area contributed by atoms with Gasteiger partial charge in [0.1, 0.15) is 0 Å². The van der Waals surface area contributed by atoms with E-state index in [1.807, 2.05) is 18.2 Å². The van der Waals surface area contributed by atoms with Gasteiger partial charge in [0.05, 0.1) is 0 Å². The van der Waals surface area contributed by atoms with E-state index in [1.54, 1.807) is 0 Å². The molecule has 1 aromatic carbocycles. The van der Waals surface area contributed by atoms with Gasteiger partial charge in [0.15, 0.2) is 0 Å². The third-order valence-electron chi connectivity index (χ3n) is 6.36. The molecule has 3 heteroatoms. The maximum Gasteiger partial charge on any atom is 0.251 e. The molecule has 4 unspecified atom stereocenters. The molecule has 1 heterocycles. The Hall–Kier alpha value is -1.77. The zero-order valence-electron chi connectivity index (χ0n) is 14.3. The minimum absolute atomic E-state index is 0.0698. The van der Waals surface area contributed by atoms with Gasteiger partial charge in [-0.3, -0.25) is 4.79 Å². The molecule has 4 rings (SSSR count). The topological polar surface area (TPSA) is 44.9 Å². The molecule has 2 saturated carbocycles. The lowest BCUT2D eigenvalue weighted by Gasteiger charge is -2.28. The Bertz CT molecular complexity index is 760. The predicted molar refractivity (Wildman–Crippen MR) is 93.6 cm³/mol. The maximum atomic E-state index is 12.7. The van der Waals surface area contributed by atoms with Gasteiger partial charge in [0.2, 0.25) is 0 Å². The van der Waals surface area contributed by atoms with Crippen LogP contribution in [-0.2, 0) is 0 Å². The van der Waals surface area contributed by atoms with Gasteiger partial charge >= 0.3 is 0 Å². The van der Waals surface area contributed by atoms with Gasteiger partial charge in [-0.25, -0.2) is 0 Å². The standard InChI is InChI=1S/C20H26N2O/c1-11-12(2)21-19-7-6-16(10-17(11)19)20(23)22-13(3)18-9-14-4-5-15(18)8-14/h6-7,10,13-15,18,21H,4-5,8-9H2,1-3H3,(H,22,23). The SMILES string of the molecule is Cc1[nH]c2ccc(C(=O)NC(C)C3CC4CCC3C4)cc2c1C. The molecular formula is C20H26N2O. The number of hydrogen-bond acceptors (Lipinski definition) is 1. The molecule has 122 valence electrons. The number of H-pyrrole nitrogens is 1. The van der Waals surface area contributed by atoms with Gasteiger partial charge in [-0.2, -0.15) is 0 Å². The van der Waals surface area contributed by atoms with E-state index in [0.717, 1.165) is 28.3 Å². The van der Waals surface area contributed by atoms with E-state index >= 15 is 0 Å². The number of aromatic nitrogens is 1. The summed E-state index contributed by atoms with van der Waals surface area (Å²) < 4.78 is 0. The molecule has 1 amide bonds. The highest BCUT2D eigenvalue weighted by atomic mass is 16.1. The number of aromatic amines is 1.